The second-order valence-corrected chi connectivity index (χ2v) is 5.65. The fourth-order valence-electron chi connectivity index (χ4n) is 2.71. The van der Waals surface area contributed by atoms with Crippen LogP contribution in [0, 0.1) is 11.8 Å². The third kappa shape index (κ3) is 4.28. The topological polar surface area (TPSA) is 41.6 Å². The van der Waals surface area contributed by atoms with Crippen molar-refractivity contribution in [3.63, 3.8) is 0 Å². The summed E-state index contributed by atoms with van der Waals surface area (Å²) in [4.78, 5) is 13.6. The zero-order chi connectivity index (χ0) is 12.3. The van der Waals surface area contributed by atoms with Gasteiger partial charge in [-0.2, -0.15) is 0 Å². The number of piperidine rings is 1. The Labute approximate surface area is 104 Å². The summed E-state index contributed by atoms with van der Waals surface area (Å²) in [6.07, 6.45) is 4.44. The van der Waals surface area contributed by atoms with Crippen LogP contribution in [0.1, 0.15) is 25.7 Å². The molecule has 1 heterocycles. The molecule has 1 aliphatic carbocycles. The van der Waals surface area contributed by atoms with E-state index in [2.05, 4.69) is 17.3 Å². The molecule has 0 aromatic carbocycles. The predicted molar refractivity (Wildman–Crippen MR) is 66.8 cm³/mol. The molecule has 2 atom stereocenters. The lowest BCUT2D eigenvalue weighted by Crippen LogP contribution is -2.48. The molecule has 0 amide bonds. The second kappa shape index (κ2) is 5.83. The van der Waals surface area contributed by atoms with Gasteiger partial charge in [0.05, 0.1) is 7.11 Å². The summed E-state index contributed by atoms with van der Waals surface area (Å²) in [5, 5.41) is 3.64. The summed E-state index contributed by atoms with van der Waals surface area (Å²) < 4.78 is 4.75. The fourth-order valence-corrected chi connectivity index (χ4v) is 2.71. The molecule has 2 rings (SSSR count). The number of hydrogen-bond donors (Lipinski definition) is 1. The van der Waals surface area contributed by atoms with E-state index in [-0.39, 0.29) is 5.97 Å². The normalized spacial score (nSPS) is 30.2. The molecule has 0 aromatic heterocycles. The van der Waals surface area contributed by atoms with Gasteiger partial charge in [-0.15, -0.1) is 0 Å². The highest BCUT2D eigenvalue weighted by molar-refractivity contribution is 5.69. The van der Waals surface area contributed by atoms with Gasteiger partial charge in [0.25, 0.3) is 0 Å². The van der Waals surface area contributed by atoms with Gasteiger partial charge in [-0.1, -0.05) is 0 Å². The minimum absolute atomic E-state index is 0.0776. The van der Waals surface area contributed by atoms with E-state index in [9.17, 15) is 4.79 Å². The number of likely N-dealkylation sites (N-methyl/N-ethyl adjacent to an activating group) is 1. The lowest BCUT2D eigenvalue weighted by Gasteiger charge is -2.35. The summed E-state index contributed by atoms with van der Waals surface area (Å²) in [6.45, 7) is 3.27. The molecular formula is C13H24N2O2. The van der Waals surface area contributed by atoms with Gasteiger partial charge < -0.3 is 15.0 Å². The number of ether oxygens (including phenoxy) is 1. The molecule has 1 N–H and O–H groups in total. The third-order valence-corrected chi connectivity index (χ3v) is 3.79. The Bertz CT molecular complexity index is 266. The van der Waals surface area contributed by atoms with Gasteiger partial charge in [-0.3, -0.25) is 4.79 Å². The molecule has 2 aliphatic rings. The highest BCUT2D eigenvalue weighted by Gasteiger charge is 2.28. The number of nitrogens with zero attached hydrogens (tertiary/aromatic N) is 1. The van der Waals surface area contributed by atoms with Crippen molar-refractivity contribution in [3.05, 3.63) is 0 Å². The lowest BCUT2D eigenvalue weighted by molar-refractivity contribution is -0.142. The molecule has 4 nitrogen and oxygen atoms in total. The average molecular weight is 240 g/mol. The van der Waals surface area contributed by atoms with E-state index in [0.29, 0.717) is 18.4 Å². The zero-order valence-electron chi connectivity index (χ0n) is 10.9. The Kier molecular flexibility index (Phi) is 4.40. The van der Waals surface area contributed by atoms with Crippen LogP contribution in [-0.4, -0.2) is 50.7 Å². The number of likely N-dealkylation sites (tertiary alicyclic amines) is 1. The van der Waals surface area contributed by atoms with Crippen LogP contribution >= 0.6 is 0 Å². The van der Waals surface area contributed by atoms with Crippen molar-refractivity contribution < 1.29 is 9.53 Å². The highest BCUT2D eigenvalue weighted by Crippen LogP contribution is 2.28. The van der Waals surface area contributed by atoms with Crippen molar-refractivity contribution in [1.82, 2.24) is 10.2 Å². The Morgan fingerprint density at radius 3 is 2.76 bits per heavy atom. The van der Waals surface area contributed by atoms with E-state index < -0.39 is 0 Å². The van der Waals surface area contributed by atoms with Crippen molar-refractivity contribution >= 4 is 5.97 Å². The summed E-state index contributed by atoms with van der Waals surface area (Å²) in [7, 11) is 3.60. The van der Waals surface area contributed by atoms with Crippen molar-refractivity contribution in [2.45, 2.75) is 31.7 Å². The van der Waals surface area contributed by atoms with Gasteiger partial charge >= 0.3 is 5.97 Å². The van der Waals surface area contributed by atoms with Crippen LogP contribution < -0.4 is 5.32 Å². The molecule has 1 saturated carbocycles. The first-order valence-electron chi connectivity index (χ1n) is 6.66. The van der Waals surface area contributed by atoms with Gasteiger partial charge in [0.15, 0.2) is 0 Å². The summed E-state index contributed by atoms with van der Waals surface area (Å²) in [5.74, 6) is 1.28. The Hall–Kier alpha value is -0.610. The van der Waals surface area contributed by atoms with Crippen molar-refractivity contribution in [2.75, 3.05) is 33.8 Å². The van der Waals surface area contributed by atoms with Crippen LogP contribution in [-0.2, 0) is 9.53 Å². The minimum Gasteiger partial charge on any atom is -0.469 e. The first-order chi connectivity index (χ1) is 8.17. The van der Waals surface area contributed by atoms with Crippen LogP contribution in [0.25, 0.3) is 0 Å². The maximum Gasteiger partial charge on any atom is 0.305 e. The molecule has 17 heavy (non-hydrogen) atoms. The Morgan fingerprint density at radius 1 is 1.35 bits per heavy atom. The second-order valence-electron chi connectivity index (χ2n) is 5.65. The summed E-state index contributed by atoms with van der Waals surface area (Å²) in [6, 6.07) is 0.545. The number of rotatable bonds is 5. The maximum atomic E-state index is 11.3. The zero-order valence-corrected chi connectivity index (χ0v) is 10.9. The minimum atomic E-state index is -0.0776. The number of hydrogen-bond acceptors (Lipinski definition) is 4. The van der Waals surface area contributed by atoms with Gasteiger partial charge in [0.1, 0.15) is 0 Å². The van der Waals surface area contributed by atoms with Gasteiger partial charge in [-0.05, 0) is 44.7 Å². The molecule has 0 aromatic rings. The van der Waals surface area contributed by atoms with E-state index in [0.717, 1.165) is 32.0 Å². The van der Waals surface area contributed by atoms with Gasteiger partial charge in [0.2, 0.25) is 0 Å². The first-order valence-corrected chi connectivity index (χ1v) is 6.66. The molecule has 0 spiro atoms. The predicted octanol–water partition coefficient (Wildman–Crippen LogP) is 0.869. The fraction of sp³-hybridized carbons (Fsp3) is 0.923. The number of methoxy groups -OCH3 is 1. The van der Waals surface area contributed by atoms with Crippen LogP contribution in [0.5, 0.6) is 0 Å². The van der Waals surface area contributed by atoms with E-state index in [1.165, 1.54) is 20.0 Å². The first kappa shape index (κ1) is 12.8. The van der Waals surface area contributed by atoms with Crippen LogP contribution in [0.2, 0.25) is 0 Å². The number of nitrogens with one attached hydrogen (secondary N) is 1. The number of carbonyl (C=O) groups excluding carboxylic acids is 1. The van der Waals surface area contributed by atoms with Gasteiger partial charge in [-0.25, -0.2) is 0 Å². The smallest absolute Gasteiger partial charge is 0.305 e. The molecule has 98 valence electrons. The quantitative estimate of drug-likeness (QED) is 0.724. The SMILES string of the molecule is COC(=O)CC1CC(NCC2CC2)CN(C)C1. The summed E-state index contributed by atoms with van der Waals surface area (Å²) >= 11 is 0. The molecular weight excluding hydrogens is 216 g/mol. The number of esters is 1. The van der Waals surface area contributed by atoms with Gasteiger partial charge in [0, 0.05) is 25.6 Å². The highest BCUT2D eigenvalue weighted by atomic mass is 16.5. The van der Waals surface area contributed by atoms with Crippen LogP contribution in [0.4, 0.5) is 0 Å². The van der Waals surface area contributed by atoms with Crippen molar-refractivity contribution in [1.29, 1.82) is 0 Å². The van der Waals surface area contributed by atoms with E-state index in [4.69, 9.17) is 4.74 Å². The molecule has 0 radical (unpaired) electrons. The van der Waals surface area contributed by atoms with Crippen LogP contribution in [0.3, 0.4) is 0 Å². The molecule has 2 fully saturated rings. The van der Waals surface area contributed by atoms with Crippen molar-refractivity contribution in [2.24, 2.45) is 11.8 Å². The summed E-state index contributed by atoms with van der Waals surface area (Å²) in [5.41, 5.74) is 0. The lowest BCUT2D eigenvalue weighted by atomic mass is 9.91. The third-order valence-electron chi connectivity index (χ3n) is 3.79. The monoisotopic (exact) mass is 240 g/mol. The molecule has 4 heteroatoms. The maximum absolute atomic E-state index is 11.3. The van der Waals surface area contributed by atoms with E-state index in [1.807, 2.05) is 0 Å². The van der Waals surface area contributed by atoms with E-state index in [1.54, 1.807) is 0 Å². The molecule has 1 saturated heterocycles. The van der Waals surface area contributed by atoms with E-state index >= 15 is 0 Å². The largest absolute Gasteiger partial charge is 0.469 e. The molecule has 0 bridgehead atoms. The van der Waals surface area contributed by atoms with Crippen molar-refractivity contribution in [3.8, 4) is 0 Å². The number of carbonyl (C=O) groups is 1. The van der Waals surface area contributed by atoms with Crippen LogP contribution in [0.15, 0.2) is 0 Å². The molecule has 2 unspecified atom stereocenters. The Balaban J connectivity index is 1.75. The Morgan fingerprint density at radius 2 is 2.12 bits per heavy atom. The average Bonchev–Trinajstić information content (AvgIpc) is 3.09. The molecule has 1 aliphatic heterocycles. The standard InChI is InChI=1S/C13H24N2O2/c1-15-8-11(6-13(16)17-2)5-12(9-15)14-7-10-3-4-10/h10-12,14H,3-9H2,1-2H3.